The van der Waals surface area contributed by atoms with Crippen LogP contribution in [0.25, 0.3) is 0 Å². The molecular weight excluding hydrogens is 357 g/mol. The minimum Gasteiger partial charge on any atom is -0.348 e. The lowest BCUT2D eigenvalue weighted by Gasteiger charge is -2.10. The molecule has 0 heterocycles. The first-order valence-electron chi connectivity index (χ1n) is 8.59. The Hall–Kier alpha value is -2.83. The summed E-state index contributed by atoms with van der Waals surface area (Å²) in [6.45, 7) is 1.97. The van der Waals surface area contributed by atoms with Crippen LogP contribution in [-0.4, -0.2) is 11.8 Å². The second-order valence-electron chi connectivity index (χ2n) is 6.77. The predicted molar refractivity (Wildman–Crippen MR) is 95.0 cm³/mol. The maximum atomic E-state index is 12.7. The SMILES string of the molecule is CC1CC1C(=O)Nc1cccc(C(=O)NCc2cccc(C(F)(F)F)c2)c1. The minimum absolute atomic E-state index is 0.0170. The molecule has 2 unspecified atom stereocenters. The van der Waals surface area contributed by atoms with Crippen LogP contribution in [0, 0.1) is 11.8 Å². The Bertz CT molecular complexity index is 864. The third-order valence-corrected chi connectivity index (χ3v) is 4.55. The van der Waals surface area contributed by atoms with Gasteiger partial charge in [0.05, 0.1) is 5.56 Å². The lowest BCUT2D eigenvalue weighted by Crippen LogP contribution is -2.23. The summed E-state index contributed by atoms with van der Waals surface area (Å²) in [5, 5.41) is 5.38. The number of amides is 2. The molecule has 0 aromatic heterocycles. The van der Waals surface area contributed by atoms with Gasteiger partial charge in [-0.25, -0.2) is 0 Å². The summed E-state index contributed by atoms with van der Waals surface area (Å²) in [5.74, 6) is -0.0975. The van der Waals surface area contributed by atoms with E-state index >= 15 is 0 Å². The lowest BCUT2D eigenvalue weighted by atomic mass is 10.1. The number of benzene rings is 2. The zero-order valence-electron chi connectivity index (χ0n) is 14.6. The van der Waals surface area contributed by atoms with Crippen molar-refractivity contribution < 1.29 is 22.8 Å². The quantitative estimate of drug-likeness (QED) is 0.821. The topological polar surface area (TPSA) is 58.2 Å². The molecule has 0 bridgehead atoms. The van der Waals surface area contributed by atoms with E-state index in [1.807, 2.05) is 6.92 Å². The average Bonchev–Trinajstić information content (AvgIpc) is 3.36. The van der Waals surface area contributed by atoms with Crippen LogP contribution in [0.3, 0.4) is 0 Å². The van der Waals surface area contributed by atoms with E-state index in [0.29, 0.717) is 22.7 Å². The van der Waals surface area contributed by atoms with Gasteiger partial charge in [-0.15, -0.1) is 0 Å². The number of halogens is 3. The van der Waals surface area contributed by atoms with Gasteiger partial charge in [-0.05, 0) is 48.2 Å². The van der Waals surface area contributed by atoms with Gasteiger partial charge >= 0.3 is 6.18 Å². The zero-order valence-corrected chi connectivity index (χ0v) is 14.6. The number of hydrogen-bond acceptors (Lipinski definition) is 2. The molecule has 1 aliphatic rings. The molecule has 2 aromatic rings. The largest absolute Gasteiger partial charge is 0.416 e. The number of rotatable bonds is 5. The van der Waals surface area contributed by atoms with Gasteiger partial charge < -0.3 is 10.6 Å². The van der Waals surface area contributed by atoms with Crippen molar-refractivity contribution in [3.8, 4) is 0 Å². The first-order valence-corrected chi connectivity index (χ1v) is 8.59. The molecule has 1 saturated carbocycles. The summed E-state index contributed by atoms with van der Waals surface area (Å²) in [5.41, 5.74) is 0.438. The van der Waals surface area contributed by atoms with Crippen LogP contribution in [0.4, 0.5) is 18.9 Å². The highest BCUT2D eigenvalue weighted by molar-refractivity contribution is 5.98. The molecule has 27 heavy (non-hydrogen) atoms. The fourth-order valence-corrected chi connectivity index (χ4v) is 2.80. The summed E-state index contributed by atoms with van der Waals surface area (Å²) in [4.78, 5) is 24.3. The summed E-state index contributed by atoms with van der Waals surface area (Å²) in [7, 11) is 0. The molecule has 1 aliphatic carbocycles. The Morgan fingerprint density at radius 2 is 1.81 bits per heavy atom. The maximum Gasteiger partial charge on any atom is 0.416 e. The van der Waals surface area contributed by atoms with Crippen LogP contribution >= 0.6 is 0 Å². The molecule has 2 aromatic carbocycles. The molecule has 0 saturated heterocycles. The van der Waals surface area contributed by atoms with Crippen molar-refractivity contribution >= 4 is 17.5 Å². The Morgan fingerprint density at radius 3 is 2.48 bits per heavy atom. The Labute approximate surface area is 154 Å². The van der Waals surface area contributed by atoms with E-state index in [2.05, 4.69) is 10.6 Å². The van der Waals surface area contributed by atoms with E-state index in [9.17, 15) is 22.8 Å². The van der Waals surface area contributed by atoms with Gasteiger partial charge in [0.2, 0.25) is 5.91 Å². The van der Waals surface area contributed by atoms with E-state index in [0.717, 1.165) is 18.6 Å². The first kappa shape index (κ1) is 18.9. The van der Waals surface area contributed by atoms with E-state index in [1.54, 1.807) is 24.3 Å². The Kier molecular flexibility index (Phi) is 5.21. The van der Waals surface area contributed by atoms with Gasteiger partial charge in [-0.2, -0.15) is 13.2 Å². The molecule has 142 valence electrons. The normalized spacial score (nSPS) is 18.7. The first-order chi connectivity index (χ1) is 12.7. The second-order valence-corrected chi connectivity index (χ2v) is 6.77. The molecule has 0 spiro atoms. The molecule has 0 aliphatic heterocycles. The fraction of sp³-hybridized carbons (Fsp3) is 0.300. The van der Waals surface area contributed by atoms with E-state index in [4.69, 9.17) is 0 Å². The molecule has 2 amide bonds. The van der Waals surface area contributed by atoms with Crippen molar-refractivity contribution in [3.05, 3.63) is 65.2 Å². The Balaban J connectivity index is 1.61. The number of alkyl halides is 3. The zero-order chi connectivity index (χ0) is 19.6. The molecule has 4 nitrogen and oxygen atoms in total. The van der Waals surface area contributed by atoms with Crippen molar-refractivity contribution in [3.63, 3.8) is 0 Å². The van der Waals surface area contributed by atoms with E-state index in [1.165, 1.54) is 12.1 Å². The summed E-state index contributed by atoms with van der Waals surface area (Å²) >= 11 is 0. The van der Waals surface area contributed by atoms with Gasteiger partial charge in [-0.1, -0.05) is 25.1 Å². The lowest BCUT2D eigenvalue weighted by molar-refractivity contribution is -0.137. The number of anilines is 1. The van der Waals surface area contributed by atoms with E-state index in [-0.39, 0.29) is 18.4 Å². The van der Waals surface area contributed by atoms with Crippen LogP contribution in [0.5, 0.6) is 0 Å². The molecule has 2 N–H and O–H groups in total. The van der Waals surface area contributed by atoms with Crippen LogP contribution < -0.4 is 10.6 Å². The fourth-order valence-electron chi connectivity index (χ4n) is 2.80. The number of hydrogen-bond donors (Lipinski definition) is 2. The predicted octanol–water partition coefficient (Wildman–Crippen LogP) is 4.23. The maximum absolute atomic E-state index is 12.7. The van der Waals surface area contributed by atoms with Crippen LogP contribution in [0.1, 0.15) is 34.8 Å². The van der Waals surface area contributed by atoms with Gasteiger partial charge in [0.15, 0.2) is 0 Å². The highest BCUT2D eigenvalue weighted by Crippen LogP contribution is 2.38. The summed E-state index contributed by atoms with van der Waals surface area (Å²) in [6.07, 6.45) is -3.56. The van der Waals surface area contributed by atoms with Gasteiger partial charge in [0, 0.05) is 23.7 Å². The molecule has 0 radical (unpaired) electrons. The van der Waals surface area contributed by atoms with Crippen LogP contribution in [0.2, 0.25) is 0 Å². The number of nitrogens with one attached hydrogen (secondary N) is 2. The third kappa shape index (κ3) is 4.87. The van der Waals surface area contributed by atoms with Gasteiger partial charge in [0.25, 0.3) is 5.91 Å². The number of carbonyl (C=O) groups is 2. The Morgan fingerprint density at radius 1 is 1.11 bits per heavy atom. The van der Waals surface area contributed by atoms with Crippen molar-refractivity contribution in [2.24, 2.45) is 11.8 Å². The van der Waals surface area contributed by atoms with Crippen molar-refractivity contribution in [2.45, 2.75) is 26.1 Å². The van der Waals surface area contributed by atoms with Crippen molar-refractivity contribution in [1.82, 2.24) is 5.32 Å². The highest BCUT2D eigenvalue weighted by atomic mass is 19.4. The summed E-state index contributed by atoms with van der Waals surface area (Å²) < 4.78 is 38.2. The second kappa shape index (κ2) is 7.42. The van der Waals surface area contributed by atoms with Crippen LogP contribution in [-0.2, 0) is 17.5 Å². The van der Waals surface area contributed by atoms with Crippen LogP contribution in [0.15, 0.2) is 48.5 Å². The smallest absolute Gasteiger partial charge is 0.348 e. The standard InChI is InChI=1S/C20H19F3N2O2/c1-12-8-17(12)19(27)25-16-7-3-5-14(10-16)18(26)24-11-13-4-2-6-15(9-13)20(21,22)23/h2-7,9-10,12,17H,8,11H2,1H3,(H,24,26)(H,25,27). The summed E-state index contributed by atoms with van der Waals surface area (Å²) in [6, 6.07) is 11.3. The molecular formula is C20H19F3N2O2. The van der Waals surface area contributed by atoms with Crippen molar-refractivity contribution in [1.29, 1.82) is 0 Å². The molecule has 1 fully saturated rings. The van der Waals surface area contributed by atoms with Gasteiger partial charge in [-0.3, -0.25) is 9.59 Å². The highest BCUT2D eigenvalue weighted by Gasteiger charge is 2.39. The average molecular weight is 376 g/mol. The molecule has 3 rings (SSSR count). The monoisotopic (exact) mass is 376 g/mol. The van der Waals surface area contributed by atoms with Crippen molar-refractivity contribution in [2.75, 3.05) is 5.32 Å². The van der Waals surface area contributed by atoms with Gasteiger partial charge in [0.1, 0.15) is 0 Å². The third-order valence-electron chi connectivity index (χ3n) is 4.55. The van der Waals surface area contributed by atoms with E-state index < -0.39 is 17.6 Å². The molecule has 2 atom stereocenters. The molecule has 7 heteroatoms. The number of carbonyl (C=O) groups excluding carboxylic acids is 2. The minimum atomic E-state index is -4.42.